The maximum atomic E-state index is 13.7. The van der Waals surface area contributed by atoms with Gasteiger partial charge < -0.3 is 26.2 Å². The molecule has 0 aromatic heterocycles. The van der Waals surface area contributed by atoms with Crippen molar-refractivity contribution >= 4 is 17.5 Å². The lowest BCUT2D eigenvalue weighted by Crippen LogP contribution is -2.63. The molecule has 5 atom stereocenters. The lowest BCUT2D eigenvalue weighted by atomic mass is 9.58. The summed E-state index contributed by atoms with van der Waals surface area (Å²) in [6.45, 7) is 0. The van der Waals surface area contributed by atoms with Gasteiger partial charge in [0.05, 0.1) is 11.6 Å². The average molecular weight is 481 g/mol. The van der Waals surface area contributed by atoms with E-state index < -0.39 is 58.0 Å². The molecule has 184 valence electrons. The molecule has 0 radical (unpaired) electrons. The zero-order valence-electron chi connectivity index (χ0n) is 19.5. The van der Waals surface area contributed by atoms with Gasteiger partial charge in [0, 0.05) is 17.4 Å². The van der Waals surface area contributed by atoms with Crippen LogP contribution in [0.4, 0.5) is 0 Å². The van der Waals surface area contributed by atoms with E-state index >= 15 is 0 Å². The summed E-state index contributed by atoms with van der Waals surface area (Å²) in [5.41, 5.74) is 3.46. The number of benzene rings is 1. The van der Waals surface area contributed by atoms with Gasteiger partial charge in [-0.2, -0.15) is 0 Å². The lowest BCUT2D eigenvalue weighted by molar-refractivity contribution is -0.148. The van der Waals surface area contributed by atoms with Crippen LogP contribution < -0.4 is 5.73 Å². The first kappa shape index (κ1) is 23.3. The Morgan fingerprint density at radius 3 is 2.49 bits per heavy atom. The molecule has 1 aromatic carbocycles. The summed E-state index contributed by atoms with van der Waals surface area (Å²) < 4.78 is 0. The number of phenolic OH excluding ortho intramolecular Hbond substituents is 1. The van der Waals surface area contributed by atoms with Crippen LogP contribution in [0.2, 0.25) is 0 Å². The number of ketones is 2. The number of phenols is 1. The van der Waals surface area contributed by atoms with Crippen molar-refractivity contribution < 1.29 is 34.8 Å². The van der Waals surface area contributed by atoms with Gasteiger partial charge in [0.1, 0.15) is 22.8 Å². The minimum Gasteiger partial charge on any atom is -0.510 e. The van der Waals surface area contributed by atoms with Crippen LogP contribution in [0, 0.1) is 11.8 Å². The fourth-order valence-electron chi connectivity index (χ4n) is 6.51. The van der Waals surface area contributed by atoms with Gasteiger partial charge in [-0.1, -0.05) is 18.2 Å². The highest BCUT2D eigenvalue weighted by molar-refractivity contribution is 6.24. The van der Waals surface area contributed by atoms with Crippen LogP contribution in [-0.2, 0) is 16.0 Å². The summed E-state index contributed by atoms with van der Waals surface area (Å²) in [6, 6.07) is 2.27. The number of rotatable bonds is 3. The first-order chi connectivity index (χ1) is 16.5. The molecule has 0 spiro atoms. The highest BCUT2D eigenvalue weighted by atomic mass is 16.3. The molecule has 0 bridgehead atoms. The Hall–Kier alpha value is -3.43. The number of aromatic hydroxyl groups is 1. The van der Waals surface area contributed by atoms with E-state index in [2.05, 4.69) is 12.2 Å². The second kappa shape index (κ2) is 7.79. The third kappa shape index (κ3) is 3.04. The van der Waals surface area contributed by atoms with Crippen LogP contribution in [0.5, 0.6) is 5.75 Å². The van der Waals surface area contributed by atoms with Crippen molar-refractivity contribution in [3.63, 3.8) is 0 Å². The number of carbonyl (C=O) groups excluding carboxylic acids is 3. The first-order valence-corrected chi connectivity index (χ1v) is 11.7. The van der Waals surface area contributed by atoms with Crippen molar-refractivity contribution in [3.05, 3.63) is 63.6 Å². The lowest BCUT2D eigenvalue weighted by Gasteiger charge is -2.50. The minimum atomic E-state index is -2.62. The summed E-state index contributed by atoms with van der Waals surface area (Å²) in [6.07, 6.45) is 6.35. The Labute approximate surface area is 201 Å². The summed E-state index contributed by atoms with van der Waals surface area (Å²) in [7, 11) is 3.21. The number of Topliss-reactive ketones (excluding diaryl/α,β-unsaturated/α-hetero) is 2. The number of fused-ring (bicyclic) bond motifs is 3. The molecular formula is C26H28N2O7. The number of hydrogen-bond acceptors (Lipinski definition) is 8. The van der Waals surface area contributed by atoms with E-state index in [-0.39, 0.29) is 29.2 Å². The van der Waals surface area contributed by atoms with E-state index in [4.69, 9.17) is 5.73 Å². The van der Waals surface area contributed by atoms with Crippen LogP contribution in [0.15, 0.2) is 46.9 Å². The number of primary amides is 1. The predicted octanol–water partition coefficient (Wildman–Crippen LogP) is 1.55. The monoisotopic (exact) mass is 480 g/mol. The number of nitrogens with zero attached hydrogens (tertiary/aromatic N) is 1. The Morgan fingerprint density at radius 2 is 1.89 bits per heavy atom. The van der Waals surface area contributed by atoms with Crippen molar-refractivity contribution in [2.24, 2.45) is 17.6 Å². The first-order valence-electron chi connectivity index (χ1n) is 11.7. The van der Waals surface area contributed by atoms with E-state index in [0.29, 0.717) is 12.0 Å². The third-order valence-corrected chi connectivity index (χ3v) is 8.05. The van der Waals surface area contributed by atoms with Crippen molar-refractivity contribution in [2.75, 3.05) is 14.1 Å². The van der Waals surface area contributed by atoms with Gasteiger partial charge in [0.15, 0.2) is 11.4 Å². The van der Waals surface area contributed by atoms with Crippen LogP contribution in [-0.4, -0.2) is 68.5 Å². The number of nitrogens with two attached hydrogens (primary N) is 1. The standard InChI is InChI=1S/C26H28N2O7/c1-28(2)20-15-10-12-9-14-13(11-5-3-4-6-11)7-8-16(29)18(14)21(30)17(12)23(32)26(15,35)24(33)19(22(20)31)25(27)34/h3,5,7-8,11-12,15,20,29,31-32,35H,4,6,9-10H2,1-2H3,(H2,27,34)/t11?,12-,15-,20-,26-/m0/s1. The number of aliphatic hydroxyl groups is 3. The molecule has 4 aliphatic rings. The fraction of sp³-hybridized carbons (Fsp3) is 0.423. The molecule has 1 amide bonds. The molecule has 0 saturated heterocycles. The quantitative estimate of drug-likeness (QED) is 0.322. The molecule has 5 rings (SSSR count). The maximum Gasteiger partial charge on any atom is 0.255 e. The number of carbonyl (C=O) groups is 3. The van der Waals surface area contributed by atoms with E-state index in [9.17, 15) is 34.8 Å². The van der Waals surface area contributed by atoms with E-state index in [1.807, 2.05) is 6.07 Å². The summed E-state index contributed by atoms with van der Waals surface area (Å²) in [5.74, 6) is -6.27. The summed E-state index contributed by atoms with van der Waals surface area (Å²) >= 11 is 0. The predicted molar refractivity (Wildman–Crippen MR) is 125 cm³/mol. The SMILES string of the molecule is CN(C)[C@@H]1C(O)=C(C(N)=O)C(=O)[C@@]2(O)C(O)=C3C(=O)c4c(O)ccc(C5C=CCC5)c4C[C@H]3C[C@@H]12. The minimum absolute atomic E-state index is 0.0589. The molecule has 0 saturated carbocycles. The van der Waals surface area contributed by atoms with E-state index in [1.54, 1.807) is 14.1 Å². The molecule has 0 heterocycles. The molecule has 1 unspecified atom stereocenters. The fourth-order valence-corrected chi connectivity index (χ4v) is 6.51. The van der Waals surface area contributed by atoms with Crippen LogP contribution in [0.1, 0.15) is 46.7 Å². The molecule has 0 fully saturated rings. The smallest absolute Gasteiger partial charge is 0.255 e. The zero-order chi connectivity index (χ0) is 25.4. The normalized spacial score (nSPS) is 32.1. The number of likely N-dealkylation sites (N-methyl/N-ethyl adjacent to an activating group) is 1. The second-order valence-corrected chi connectivity index (χ2v) is 10.1. The summed E-state index contributed by atoms with van der Waals surface area (Å²) in [4.78, 5) is 40.5. The van der Waals surface area contributed by atoms with Crippen LogP contribution in [0.25, 0.3) is 0 Å². The van der Waals surface area contributed by atoms with Crippen molar-refractivity contribution in [2.45, 2.75) is 43.2 Å². The maximum absolute atomic E-state index is 13.7. The number of amides is 1. The number of allylic oxidation sites excluding steroid dienone is 3. The molecule has 4 aliphatic carbocycles. The topological polar surface area (TPSA) is 161 Å². The van der Waals surface area contributed by atoms with Crippen molar-refractivity contribution in [1.82, 2.24) is 4.90 Å². The van der Waals surface area contributed by atoms with Gasteiger partial charge in [-0.05, 0) is 62.9 Å². The van der Waals surface area contributed by atoms with Gasteiger partial charge in [-0.15, -0.1) is 0 Å². The Balaban J connectivity index is 1.71. The van der Waals surface area contributed by atoms with Crippen LogP contribution in [0.3, 0.4) is 0 Å². The highest BCUT2D eigenvalue weighted by Gasteiger charge is 2.63. The molecule has 9 heteroatoms. The van der Waals surface area contributed by atoms with Crippen molar-refractivity contribution in [3.8, 4) is 5.75 Å². The molecule has 1 aromatic rings. The van der Waals surface area contributed by atoms with Crippen molar-refractivity contribution in [1.29, 1.82) is 0 Å². The second-order valence-electron chi connectivity index (χ2n) is 10.1. The van der Waals surface area contributed by atoms with E-state index in [1.165, 1.54) is 11.0 Å². The zero-order valence-corrected chi connectivity index (χ0v) is 19.5. The molecule has 35 heavy (non-hydrogen) atoms. The Bertz CT molecular complexity index is 1270. The van der Waals surface area contributed by atoms with E-state index in [0.717, 1.165) is 18.4 Å². The number of aliphatic hydroxyl groups excluding tert-OH is 2. The Morgan fingerprint density at radius 1 is 1.17 bits per heavy atom. The average Bonchev–Trinajstić information content (AvgIpc) is 3.30. The largest absolute Gasteiger partial charge is 0.510 e. The third-order valence-electron chi connectivity index (χ3n) is 8.05. The Kier molecular flexibility index (Phi) is 5.19. The molecule has 6 N–H and O–H groups in total. The van der Waals surface area contributed by atoms with Crippen LogP contribution >= 0.6 is 0 Å². The molecule has 0 aliphatic heterocycles. The van der Waals surface area contributed by atoms with Gasteiger partial charge in [0.25, 0.3) is 5.91 Å². The van der Waals surface area contributed by atoms with Gasteiger partial charge in [0.2, 0.25) is 5.78 Å². The van der Waals surface area contributed by atoms with Gasteiger partial charge in [-0.25, -0.2) is 0 Å². The number of hydrogen-bond donors (Lipinski definition) is 5. The molecular weight excluding hydrogens is 452 g/mol. The summed E-state index contributed by atoms with van der Waals surface area (Å²) in [5, 5.41) is 44.3. The highest BCUT2D eigenvalue weighted by Crippen LogP contribution is 2.53. The molecule has 9 nitrogen and oxygen atoms in total. The van der Waals surface area contributed by atoms with Gasteiger partial charge in [-0.3, -0.25) is 19.3 Å². The van der Waals surface area contributed by atoms with Gasteiger partial charge >= 0.3 is 0 Å².